The Kier molecular flexibility index (Phi) is 5.49. The van der Waals surface area contributed by atoms with E-state index in [2.05, 4.69) is 174 Å². The van der Waals surface area contributed by atoms with Crippen LogP contribution in [0.4, 0.5) is 0 Å². The Labute approximate surface area is 273 Å². The molecule has 2 aliphatic rings. The SMILES string of the molecule is c1ccc(-n2c(-c3ccc4c(c3)C3(c5ccccc5Oc5ccccc53)c3ccccc3-c3ccccc3-4)nc3ccccc32)cc1. The Bertz CT molecular complexity index is 2460. The predicted octanol–water partition coefficient (Wildman–Crippen LogP) is 10.8. The molecule has 10 rings (SSSR count). The number of hydrogen-bond donors (Lipinski definition) is 0. The number of aromatic nitrogens is 2. The Hall–Kier alpha value is -6.19. The summed E-state index contributed by atoms with van der Waals surface area (Å²) in [5.74, 6) is 2.66. The summed E-state index contributed by atoms with van der Waals surface area (Å²) in [6.45, 7) is 0. The van der Waals surface area contributed by atoms with Crippen LogP contribution in [0.1, 0.15) is 22.3 Å². The summed E-state index contributed by atoms with van der Waals surface area (Å²) in [6, 6.07) is 60.7. The van der Waals surface area contributed by atoms with Crippen LogP contribution in [-0.4, -0.2) is 9.55 Å². The molecular formula is C44H28N2O. The first-order valence-electron chi connectivity index (χ1n) is 16.1. The van der Waals surface area contributed by atoms with Gasteiger partial charge in [0, 0.05) is 22.4 Å². The van der Waals surface area contributed by atoms with Gasteiger partial charge in [0.25, 0.3) is 0 Å². The molecule has 1 aliphatic heterocycles. The zero-order valence-electron chi connectivity index (χ0n) is 25.5. The minimum absolute atomic E-state index is 0.657. The molecule has 220 valence electrons. The number of imidazole rings is 1. The van der Waals surface area contributed by atoms with Crippen molar-refractivity contribution in [3.8, 4) is 50.8 Å². The smallest absolute Gasteiger partial charge is 0.145 e. The van der Waals surface area contributed by atoms with Crippen molar-refractivity contribution in [3.05, 3.63) is 192 Å². The van der Waals surface area contributed by atoms with E-state index in [1.807, 2.05) is 0 Å². The number of benzene rings is 7. The highest BCUT2D eigenvalue weighted by molar-refractivity contribution is 5.95. The first kappa shape index (κ1) is 26.1. The molecule has 8 aromatic rings. The van der Waals surface area contributed by atoms with Gasteiger partial charge in [0.15, 0.2) is 0 Å². The maximum Gasteiger partial charge on any atom is 0.145 e. The molecule has 1 aromatic heterocycles. The van der Waals surface area contributed by atoms with Gasteiger partial charge in [-0.1, -0.05) is 127 Å². The van der Waals surface area contributed by atoms with E-state index >= 15 is 0 Å². The molecule has 3 nitrogen and oxygen atoms in total. The second kappa shape index (κ2) is 9.90. The summed E-state index contributed by atoms with van der Waals surface area (Å²) in [5.41, 5.74) is 13.1. The molecule has 0 unspecified atom stereocenters. The third kappa shape index (κ3) is 3.60. The first-order valence-corrected chi connectivity index (χ1v) is 16.1. The highest BCUT2D eigenvalue weighted by Crippen LogP contribution is 2.61. The van der Waals surface area contributed by atoms with E-state index in [1.54, 1.807) is 0 Å². The number of nitrogens with zero attached hydrogens (tertiary/aromatic N) is 2. The molecular weight excluding hydrogens is 572 g/mol. The highest BCUT2D eigenvalue weighted by atomic mass is 16.5. The van der Waals surface area contributed by atoms with Crippen molar-refractivity contribution in [3.63, 3.8) is 0 Å². The molecule has 2 heterocycles. The average molecular weight is 601 g/mol. The summed E-state index contributed by atoms with van der Waals surface area (Å²) >= 11 is 0. The van der Waals surface area contributed by atoms with Crippen molar-refractivity contribution in [1.29, 1.82) is 0 Å². The molecule has 1 aliphatic carbocycles. The van der Waals surface area contributed by atoms with Crippen LogP contribution in [0.15, 0.2) is 170 Å². The first-order chi connectivity index (χ1) is 23.3. The average Bonchev–Trinajstić information content (AvgIpc) is 3.49. The maximum atomic E-state index is 6.67. The van der Waals surface area contributed by atoms with E-state index in [9.17, 15) is 0 Å². The Balaban J connectivity index is 1.38. The van der Waals surface area contributed by atoms with Crippen LogP contribution in [0.2, 0.25) is 0 Å². The molecule has 47 heavy (non-hydrogen) atoms. The number of hydrogen-bond acceptors (Lipinski definition) is 2. The Morgan fingerprint density at radius 1 is 0.447 bits per heavy atom. The fourth-order valence-corrected chi connectivity index (χ4v) is 8.00. The number of fused-ring (bicyclic) bond motifs is 12. The van der Waals surface area contributed by atoms with Crippen LogP contribution in [0, 0.1) is 0 Å². The lowest BCUT2D eigenvalue weighted by atomic mass is 9.62. The van der Waals surface area contributed by atoms with Gasteiger partial charge >= 0.3 is 0 Å². The van der Waals surface area contributed by atoms with Gasteiger partial charge in [0.05, 0.1) is 16.4 Å². The van der Waals surface area contributed by atoms with Gasteiger partial charge in [0.1, 0.15) is 17.3 Å². The Morgan fingerprint density at radius 3 is 1.72 bits per heavy atom. The molecule has 3 heteroatoms. The maximum absolute atomic E-state index is 6.67. The van der Waals surface area contributed by atoms with Crippen LogP contribution in [-0.2, 0) is 5.41 Å². The lowest BCUT2D eigenvalue weighted by molar-refractivity contribution is 0.435. The number of rotatable bonds is 2. The van der Waals surface area contributed by atoms with Crippen molar-refractivity contribution >= 4 is 11.0 Å². The summed E-state index contributed by atoms with van der Waals surface area (Å²) in [6.07, 6.45) is 0. The largest absolute Gasteiger partial charge is 0.457 e. The minimum atomic E-state index is -0.657. The van der Waals surface area contributed by atoms with Gasteiger partial charge in [-0.25, -0.2) is 4.98 Å². The quantitative estimate of drug-likeness (QED) is 0.197. The second-order valence-corrected chi connectivity index (χ2v) is 12.3. The van der Waals surface area contributed by atoms with E-state index in [1.165, 1.54) is 33.4 Å². The third-order valence-corrected chi connectivity index (χ3v) is 9.90. The van der Waals surface area contributed by atoms with Crippen molar-refractivity contribution in [2.75, 3.05) is 0 Å². The summed E-state index contributed by atoms with van der Waals surface area (Å²) in [7, 11) is 0. The van der Waals surface area contributed by atoms with Crippen molar-refractivity contribution in [2.45, 2.75) is 5.41 Å². The predicted molar refractivity (Wildman–Crippen MR) is 189 cm³/mol. The molecule has 0 saturated carbocycles. The molecule has 7 aromatic carbocycles. The second-order valence-electron chi connectivity index (χ2n) is 12.3. The van der Waals surface area contributed by atoms with Crippen LogP contribution in [0.3, 0.4) is 0 Å². The van der Waals surface area contributed by atoms with Gasteiger partial charge < -0.3 is 4.74 Å². The summed E-state index contributed by atoms with van der Waals surface area (Å²) in [4.78, 5) is 5.28. The van der Waals surface area contributed by atoms with Crippen molar-refractivity contribution in [2.24, 2.45) is 0 Å². The molecule has 0 radical (unpaired) electrons. The fourth-order valence-electron chi connectivity index (χ4n) is 8.00. The van der Waals surface area contributed by atoms with Crippen LogP contribution in [0.25, 0.3) is 50.4 Å². The van der Waals surface area contributed by atoms with E-state index in [4.69, 9.17) is 9.72 Å². The van der Waals surface area contributed by atoms with Gasteiger partial charge in [-0.05, 0) is 75.8 Å². The zero-order chi connectivity index (χ0) is 31.0. The molecule has 0 saturated heterocycles. The number of para-hydroxylation sites is 5. The number of ether oxygens (including phenoxy) is 1. The lowest BCUT2D eigenvalue weighted by Crippen LogP contribution is -2.34. The monoisotopic (exact) mass is 600 g/mol. The van der Waals surface area contributed by atoms with Gasteiger partial charge in [-0.2, -0.15) is 0 Å². The lowest BCUT2D eigenvalue weighted by Gasteiger charge is -2.42. The summed E-state index contributed by atoms with van der Waals surface area (Å²) < 4.78 is 8.95. The van der Waals surface area contributed by atoms with Gasteiger partial charge in [-0.3, -0.25) is 4.57 Å². The van der Waals surface area contributed by atoms with Crippen LogP contribution < -0.4 is 4.74 Å². The molecule has 0 fully saturated rings. The van der Waals surface area contributed by atoms with Gasteiger partial charge in [0.2, 0.25) is 0 Å². The third-order valence-electron chi connectivity index (χ3n) is 9.90. The fraction of sp³-hybridized carbons (Fsp3) is 0.0227. The van der Waals surface area contributed by atoms with Crippen molar-refractivity contribution < 1.29 is 4.74 Å². The normalized spacial score (nSPS) is 13.4. The standard InChI is InChI=1S/C44H28N2O/c1-2-14-30(15-3-1)46-40-23-11-10-22-39(40)45-43(46)29-26-27-34-32-17-5-4-16-31(32)33-18-6-7-19-35(33)44(38(34)28-29)36-20-8-12-24-41(36)47-42-25-13-9-21-37(42)44/h1-28H. The molecule has 0 atom stereocenters. The molecule has 1 spiro atoms. The van der Waals surface area contributed by atoms with E-state index < -0.39 is 5.41 Å². The van der Waals surface area contributed by atoms with Crippen molar-refractivity contribution in [1.82, 2.24) is 9.55 Å². The van der Waals surface area contributed by atoms with Gasteiger partial charge in [-0.15, -0.1) is 0 Å². The van der Waals surface area contributed by atoms with E-state index in [0.717, 1.165) is 50.7 Å². The zero-order valence-corrected chi connectivity index (χ0v) is 25.5. The van der Waals surface area contributed by atoms with E-state index in [0.29, 0.717) is 0 Å². The topological polar surface area (TPSA) is 27.1 Å². The van der Waals surface area contributed by atoms with Crippen LogP contribution in [0.5, 0.6) is 11.5 Å². The molecule has 0 amide bonds. The molecule has 0 N–H and O–H groups in total. The Morgan fingerprint density at radius 2 is 1.00 bits per heavy atom. The van der Waals surface area contributed by atoms with Crippen LogP contribution >= 0.6 is 0 Å². The molecule has 0 bridgehead atoms. The minimum Gasteiger partial charge on any atom is -0.457 e. The summed E-state index contributed by atoms with van der Waals surface area (Å²) in [5, 5.41) is 0. The highest BCUT2D eigenvalue weighted by Gasteiger charge is 2.49. The van der Waals surface area contributed by atoms with E-state index in [-0.39, 0.29) is 0 Å².